The summed E-state index contributed by atoms with van der Waals surface area (Å²) in [6, 6.07) is 0. The average Bonchev–Trinajstić information content (AvgIpc) is 3.05. The van der Waals surface area contributed by atoms with E-state index in [1.165, 1.54) is 22.2 Å². The minimum absolute atomic E-state index is 0.0398. The highest BCUT2D eigenvalue weighted by Gasteiger charge is 2.23. The number of hydrogen-bond acceptors (Lipinski definition) is 5. The molecule has 0 aliphatic heterocycles. The number of nitrogens with zero attached hydrogens (tertiary/aromatic N) is 3. The van der Waals surface area contributed by atoms with Gasteiger partial charge in [0.1, 0.15) is 17.0 Å². The molecular weight excluding hydrogens is 284 g/mol. The maximum absolute atomic E-state index is 11.9. The lowest BCUT2D eigenvalue weighted by Gasteiger charge is -2.22. The van der Waals surface area contributed by atoms with Crippen LogP contribution in [0.15, 0.2) is 6.33 Å². The monoisotopic (exact) mass is 304 g/mol. The summed E-state index contributed by atoms with van der Waals surface area (Å²) in [7, 11) is 0. The third-order valence-corrected chi connectivity index (χ3v) is 5.07. The Balaban J connectivity index is 2.00. The minimum Gasteiger partial charge on any atom is -0.355 e. The molecule has 1 aliphatic rings. The molecule has 3 rings (SSSR count). The summed E-state index contributed by atoms with van der Waals surface area (Å²) in [6.07, 6.45) is 5.09. The molecule has 6 heteroatoms. The number of carbonyl (C=O) groups excluding carboxylic acids is 1. The zero-order valence-electron chi connectivity index (χ0n) is 12.5. The van der Waals surface area contributed by atoms with E-state index in [1.807, 2.05) is 11.8 Å². The minimum atomic E-state index is 0.0398. The third-order valence-electron chi connectivity index (χ3n) is 3.87. The average molecular weight is 304 g/mol. The van der Waals surface area contributed by atoms with E-state index in [0.717, 1.165) is 30.0 Å². The molecule has 0 radical (unpaired) electrons. The number of nitrogens with one attached hydrogen (secondary N) is 1. The molecule has 1 aliphatic carbocycles. The van der Waals surface area contributed by atoms with E-state index < -0.39 is 0 Å². The van der Waals surface area contributed by atoms with Gasteiger partial charge in [0.05, 0.1) is 11.9 Å². The summed E-state index contributed by atoms with van der Waals surface area (Å²) in [5, 5.41) is 4.02. The fourth-order valence-corrected chi connectivity index (χ4v) is 4.14. The maximum atomic E-state index is 11.9. The number of carbonyl (C=O) groups is 1. The predicted octanol–water partition coefficient (Wildman–Crippen LogP) is 2.14. The number of hydrogen-bond donors (Lipinski definition) is 1. The zero-order valence-corrected chi connectivity index (χ0v) is 13.3. The van der Waals surface area contributed by atoms with Gasteiger partial charge in [-0.15, -0.1) is 11.3 Å². The number of fused-ring (bicyclic) bond motifs is 3. The van der Waals surface area contributed by atoms with Crippen LogP contribution >= 0.6 is 11.3 Å². The summed E-state index contributed by atoms with van der Waals surface area (Å²) in [4.78, 5) is 25.3. The van der Waals surface area contributed by atoms with Crippen molar-refractivity contribution in [3.63, 3.8) is 0 Å². The molecule has 1 N–H and O–H groups in total. The van der Waals surface area contributed by atoms with Crippen molar-refractivity contribution in [3.05, 3.63) is 16.8 Å². The normalized spacial score (nSPS) is 13.4. The van der Waals surface area contributed by atoms with Crippen LogP contribution in [0, 0.1) is 0 Å². The SMILES string of the molecule is CCNC(=O)CN(CC)c1ncnc2sc3c(c12)CCC3. The van der Waals surface area contributed by atoms with Crippen LogP contribution in [-0.4, -0.2) is 35.5 Å². The maximum Gasteiger partial charge on any atom is 0.239 e. The fourth-order valence-electron chi connectivity index (χ4n) is 2.91. The number of rotatable bonds is 5. The molecule has 1 amide bonds. The van der Waals surface area contributed by atoms with Crippen LogP contribution in [-0.2, 0) is 17.6 Å². The van der Waals surface area contributed by atoms with Crippen molar-refractivity contribution >= 4 is 33.3 Å². The van der Waals surface area contributed by atoms with Crippen LogP contribution in [0.3, 0.4) is 0 Å². The fraction of sp³-hybridized carbons (Fsp3) is 0.533. The first-order valence-corrected chi connectivity index (χ1v) is 8.33. The quantitative estimate of drug-likeness (QED) is 0.919. The molecular formula is C15H20N4OS. The molecule has 5 nitrogen and oxygen atoms in total. The number of aromatic nitrogens is 2. The molecule has 2 aromatic rings. The Kier molecular flexibility index (Phi) is 4.05. The smallest absolute Gasteiger partial charge is 0.239 e. The van der Waals surface area contributed by atoms with Crippen LogP contribution in [0.5, 0.6) is 0 Å². The Morgan fingerprint density at radius 2 is 2.24 bits per heavy atom. The standard InChI is InChI=1S/C15H20N4OS/c1-3-16-12(20)8-19(4-2)14-13-10-6-5-7-11(10)21-15(13)18-9-17-14/h9H,3-8H2,1-2H3,(H,16,20). The summed E-state index contributed by atoms with van der Waals surface area (Å²) < 4.78 is 0. The van der Waals surface area contributed by atoms with Gasteiger partial charge in [0.25, 0.3) is 0 Å². The number of anilines is 1. The molecule has 2 heterocycles. The Bertz CT molecular complexity index is 667. The van der Waals surface area contributed by atoms with E-state index in [1.54, 1.807) is 17.7 Å². The molecule has 21 heavy (non-hydrogen) atoms. The third kappa shape index (κ3) is 2.60. The lowest BCUT2D eigenvalue weighted by molar-refractivity contribution is -0.119. The largest absolute Gasteiger partial charge is 0.355 e. The van der Waals surface area contributed by atoms with Gasteiger partial charge in [-0.25, -0.2) is 9.97 Å². The van der Waals surface area contributed by atoms with Crippen LogP contribution in [0.4, 0.5) is 5.82 Å². The van der Waals surface area contributed by atoms with Crippen LogP contribution in [0.25, 0.3) is 10.2 Å². The lowest BCUT2D eigenvalue weighted by atomic mass is 10.2. The molecule has 0 saturated carbocycles. The van der Waals surface area contributed by atoms with Crippen molar-refractivity contribution in [1.29, 1.82) is 0 Å². The second-order valence-corrected chi connectivity index (χ2v) is 6.29. The van der Waals surface area contributed by atoms with Gasteiger partial charge in [0.2, 0.25) is 5.91 Å². The van der Waals surface area contributed by atoms with Gasteiger partial charge < -0.3 is 10.2 Å². The molecule has 112 valence electrons. The van der Waals surface area contributed by atoms with Crippen molar-refractivity contribution in [2.75, 3.05) is 24.5 Å². The molecule has 0 atom stereocenters. The lowest BCUT2D eigenvalue weighted by Crippen LogP contribution is -2.37. The van der Waals surface area contributed by atoms with Gasteiger partial charge in [0.15, 0.2) is 0 Å². The van der Waals surface area contributed by atoms with Crippen molar-refractivity contribution in [2.24, 2.45) is 0 Å². The summed E-state index contributed by atoms with van der Waals surface area (Å²) in [5.74, 6) is 0.950. The Morgan fingerprint density at radius 1 is 1.38 bits per heavy atom. The van der Waals surface area contributed by atoms with Crippen LogP contribution in [0.1, 0.15) is 30.7 Å². The zero-order chi connectivity index (χ0) is 14.8. The van der Waals surface area contributed by atoms with Gasteiger partial charge in [-0.1, -0.05) is 0 Å². The van der Waals surface area contributed by atoms with Gasteiger partial charge >= 0.3 is 0 Å². The first-order valence-electron chi connectivity index (χ1n) is 7.51. The Hall–Kier alpha value is -1.69. The van der Waals surface area contributed by atoms with E-state index in [2.05, 4.69) is 22.2 Å². The highest BCUT2D eigenvalue weighted by molar-refractivity contribution is 7.19. The van der Waals surface area contributed by atoms with Crippen molar-refractivity contribution in [1.82, 2.24) is 15.3 Å². The highest BCUT2D eigenvalue weighted by Crippen LogP contribution is 2.39. The Morgan fingerprint density at radius 3 is 3.00 bits per heavy atom. The second kappa shape index (κ2) is 5.97. The van der Waals surface area contributed by atoms with Gasteiger partial charge in [-0.2, -0.15) is 0 Å². The highest BCUT2D eigenvalue weighted by atomic mass is 32.1. The predicted molar refractivity (Wildman–Crippen MR) is 86.0 cm³/mol. The molecule has 0 saturated heterocycles. The van der Waals surface area contributed by atoms with E-state index in [9.17, 15) is 4.79 Å². The van der Waals surface area contributed by atoms with Crippen LogP contribution in [0.2, 0.25) is 0 Å². The first kappa shape index (κ1) is 14.3. The van der Waals surface area contributed by atoms with E-state index in [-0.39, 0.29) is 5.91 Å². The van der Waals surface area contributed by atoms with Crippen molar-refractivity contribution in [3.8, 4) is 0 Å². The first-order chi connectivity index (χ1) is 10.2. The van der Waals surface area contributed by atoms with E-state index >= 15 is 0 Å². The molecule has 0 unspecified atom stereocenters. The number of aryl methyl sites for hydroxylation is 2. The number of likely N-dealkylation sites (N-methyl/N-ethyl adjacent to an activating group) is 2. The Labute approximate surface area is 128 Å². The summed E-state index contributed by atoms with van der Waals surface area (Å²) in [6.45, 7) is 5.75. The molecule has 0 aromatic carbocycles. The van der Waals surface area contributed by atoms with E-state index in [0.29, 0.717) is 13.1 Å². The van der Waals surface area contributed by atoms with Crippen molar-refractivity contribution in [2.45, 2.75) is 33.1 Å². The van der Waals surface area contributed by atoms with E-state index in [4.69, 9.17) is 0 Å². The molecule has 2 aromatic heterocycles. The van der Waals surface area contributed by atoms with Crippen molar-refractivity contribution < 1.29 is 4.79 Å². The van der Waals surface area contributed by atoms with Gasteiger partial charge in [0, 0.05) is 18.0 Å². The number of amides is 1. The molecule has 0 fully saturated rings. The van der Waals surface area contributed by atoms with Gasteiger partial charge in [-0.3, -0.25) is 4.79 Å². The second-order valence-electron chi connectivity index (χ2n) is 5.20. The molecule has 0 bridgehead atoms. The topological polar surface area (TPSA) is 58.1 Å². The summed E-state index contributed by atoms with van der Waals surface area (Å²) >= 11 is 1.78. The molecule has 0 spiro atoms. The van der Waals surface area contributed by atoms with Crippen LogP contribution < -0.4 is 10.2 Å². The number of thiophene rings is 1. The van der Waals surface area contributed by atoms with Gasteiger partial charge in [-0.05, 0) is 38.7 Å². The summed E-state index contributed by atoms with van der Waals surface area (Å²) in [5.41, 5.74) is 1.40.